The van der Waals surface area contributed by atoms with Gasteiger partial charge in [-0.1, -0.05) is 12.1 Å². The Morgan fingerprint density at radius 1 is 0.949 bits per heavy atom. The van der Waals surface area contributed by atoms with E-state index in [1.807, 2.05) is 6.92 Å². The largest absolute Gasteiger partial charge is 0.494 e. The van der Waals surface area contributed by atoms with Crippen LogP contribution in [0.25, 0.3) is 17.2 Å². The minimum atomic E-state index is -4.13. The molecule has 1 aromatic carbocycles. The first-order valence-electron chi connectivity index (χ1n) is 11.9. The zero-order valence-electron chi connectivity index (χ0n) is 22.4. The summed E-state index contributed by atoms with van der Waals surface area (Å²) in [6.07, 6.45) is 2.25. The van der Waals surface area contributed by atoms with Gasteiger partial charge in [-0.15, -0.1) is 10.2 Å². The normalized spacial score (nSPS) is 13.0. The van der Waals surface area contributed by atoms with Crippen molar-refractivity contribution in [2.45, 2.75) is 25.2 Å². The summed E-state index contributed by atoms with van der Waals surface area (Å²) in [7, 11) is 2.02. The van der Waals surface area contributed by atoms with E-state index in [-0.39, 0.29) is 17.6 Å². The van der Waals surface area contributed by atoms with Crippen molar-refractivity contribution < 1.29 is 22.6 Å². The Morgan fingerprint density at radius 2 is 1.59 bits per heavy atom. The van der Waals surface area contributed by atoms with Crippen LogP contribution >= 0.6 is 0 Å². The lowest BCUT2D eigenvalue weighted by Gasteiger charge is -2.23. The van der Waals surface area contributed by atoms with Crippen LogP contribution in [0.2, 0.25) is 0 Å². The number of para-hydroxylation sites is 1. The monoisotopic (exact) mass is 554 g/mol. The molecule has 4 aromatic rings. The number of pyridine rings is 1. The van der Waals surface area contributed by atoms with E-state index in [0.29, 0.717) is 28.7 Å². The van der Waals surface area contributed by atoms with Crippen molar-refractivity contribution in [3.63, 3.8) is 0 Å². The molecule has 0 saturated heterocycles. The fourth-order valence-electron chi connectivity index (χ4n) is 3.92. The van der Waals surface area contributed by atoms with Gasteiger partial charge in [0.05, 0.1) is 14.2 Å². The molecule has 0 saturated carbocycles. The van der Waals surface area contributed by atoms with Gasteiger partial charge in [-0.2, -0.15) is 0 Å². The van der Waals surface area contributed by atoms with Crippen LogP contribution in [0.3, 0.4) is 0 Å². The minimum Gasteiger partial charge on any atom is -0.494 e. The van der Waals surface area contributed by atoms with E-state index in [1.165, 1.54) is 32.8 Å². The van der Waals surface area contributed by atoms with Crippen LogP contribution in [0.4, 0.5) is 11.8 Å². The molecule has 0 aliphatic rings. The maximum Gasteiger partial charge on any atom is 0.243 e. The predicted octanol–water partition coefficient (Wildman–Crippen LogP) is 3.00. The second-order valence-electron chi connectivity index (χ2n) is 8.48. The molecular formula is C25H30N8O5S. The Balaban J connectivity index is 1.85. The number of benzene rings is 1. The molecule has 0 aliphatic carbocycles. The molecule has 13 nitrogen and oxygen atoms in total. The smallest absolute Gasteiger partial charge is 0.243 e. The lowest BCUT2D eigenvalue weighted by atomic mass is 10.2. The summed E-state index contributed by atoms with van der Waals surface area (Å²) in [6.45, 7) is 3.34. The minimum absolute atomic E-state index is 0.101. The molecule has 0 aliphatic heterocycles. The van der Waals surface area contributed by atoms with Gasteiger partial charge in [0.1, 0.15) is 40.1 Å². The van der Waals surface area contributed by atoms with Gasteiger partial charge in [0.2, 0.25) is 16.0 Å². The molecule has 3 heterocycles. The highest BCUT2D eigenvalue weighted by atomic mass is 32.2. The number of aromatic nitrogens is 6. The summed E-state index contributed by atoms with van der Waals surface area (Å²) < 4.78 is 48.1. The number of rotatable bonds is 11. The topological polar surface area (TPSA) is 155 Å². The summed E-state index contributed by atoms with van der Waals surface area (Å²) in [6, 6.07) is 10.5. The van der Waals surface area contributed by atoms with Crippen molar-refractivity contribution >= 4 is 21.8 Å². The zero-order chi connectivity index (χ0) is 28.2. The number of nitrogens with zero attached hydrogens (tertiary/aromatic N) is 6. The maximum absolute atomic E-state index is 13.7. The first-order chi connectivity index (χ1) is 18.7. The van der Waals surface area contributed by atoms with Crippen molar-refractivity contribution in [2.75, 3.05) is 38.4 Å². The number of aryl methyl sites for hydroxylation is 1. The van der Waals surface area contributed by atoms with Crippen molar-refractivity contribution in [3.8, 4) is 28.7 Å². The van der Waals surface area contributed by atoms with Crippen LogP contribution in [-0.4, -0.2) is 71.8 Å². The predicted molar refractivity (Wildman–Crippen MR) is 146 cm³/mol. The summed E-state index contributed by atoms with van der Waals surface area (Å²) in [5.74, 6) is 1.78. The van der Waals surface area contributed by atoms with E-state index in [9.17, 15) is 8.42 Å². The third-order valence-corrected chi connectivity index (χ3v) is 7.67. The van der Waals surface area contributed by atoms with Crippen LogP contribution in [0.5, 0.6) is 11.5 Å². The average Bonchev–Trinajstić information content (AvgIpc) is 3.35. The van der Waals surface area contributed by atoms with E-state index >= 15 is 0 Å². The number of nitrogens with one attached hydrogen (secondary N) is 2. The third-order valence-electron chi connectivity index (χ3n) is 5.98. The lowest BCUT2D eigenvalue weighted by Crippen LogP contribution is -2.33. The molecule has 2 atom stereocenters. The summed E-state index contributed by atoms with van der Waals surface area (Å²) in [5, 5.41) is 10.4. The quantitative estimate of drug-likeness (QED) is 0.281. The number of hydrogen-bond donors (Lipinski definition) is 2. The summed E-state index contributed by atoms with van der Waals surface area (Å²) >= 11 is 0. The maximum atomic E-state index is 13.7. The van der Waals surface area contributed by atoms with Crippen molar-refractivity contribution in [2.24, 2.45) is 0 Å². The third kappa shape index (κ3) is 5.61. The molecule has 0 bridgehead atoms. The Labute approximate surface area is 226 Å². The highest BCUT2D eigenvalue weighted by molar-refractivity contribution is 7.93. The molecular weight excluding hydrogens is 524 g/mol. The van der Waals surface area contributed by atoms with Crippen molar-refractivity contribution in [3.05, 3.63) is 60.2 Å². The Kier molecular flexibility index (Phi) is 8.26. The van der Waals surface area contributed by atoms with Crippen LogP contribution in [0.1, 0.15) is 24.4 Å². The van der Waals surface area contributed by atoms with E-state index < -0.39 is 21.4 Å². The molecule has 0 spiro atoms. The molecule has 2 N–H and O–H groups in total. The molecule has 0 fully saturated rings. The van der Waals surface area contributed by atoms with Gasteiger partial charge in [-0.05, 0) is 43.7 Å². The molecule has 4 rings (SSSR count). The highest BCUT2D eigenvalue weighted by Gasteiger charge is 2.35. The van der Waals surface area contributed by atoms with Crippen LogP contribution in [-0.2, 0) is 14.8 Å². The number of sulfonamides is 1. The second kappa shape index (κ2) is 11.6. The van der Waals surface area contributed by atoms with Gasteiger partial charge >= 0.3 is 0 Å². The SMILES string of the molecule is CNc1cccc(-c2nnc(NS(=O)(=O)[C@@H](C)[C@H](OC)c3ncc(C)cn3)n2-c2c(OC)cccc2OC)n1. The first kappa shape index (κ1) is 27.7. The average molecular weight is 555 g/mol. The molecule has 14 heteroatoms. The van der Waals surface area contributed by atoms with Crippen LogP contribution in [0.15, 0.2) is 48.8 Å². The summed E-state index contributed by atoms with van der Waals surface area (Å²) in [4.78, 5) is 13.1. The zero-order valence-corrected chi connectivity index (χ0v) is 23.2. The van der Waals surface area contributed by atoms with Gasteiger partial charge in [0.25, 0.3) is 0 Å². The van der Waals surface area contributed by atoms with E-state index in [2.05, 4.69) is 35.2 Å². The van der Waals surface area contributed by atoms with Gasteiger partial charge in [0.15, 0.2) is 11.6 Å². The molecule has 206 valence electrons. The Morgan fingerprint density at radius 3 is 2.18 bits per heavy atom. The van der Waals surface area contributed by atoms with Gasteiger partial charge < -0.3 is 19.5 Å². The molecule has 3 aromatic heterocycles. The van der Waals surface area contributed by atoms with Crippen LogP contribution < -0.4 is 19.5 Å². The standard InChI is InChI=1S/C25H30N8O5S/c1-15-13-27-23(28-14-15)22(38-6)16(2)39(34,35)32-25-31-30-24(17-9-7-12-20(26-3)29-17)33(25)21-18(36-4)10-8-11-19(21)37-5/h7-14,16,22H,1-6H3,(H,26,29)(H,31,32)/t16-,22-/m0/s1. The van der Waals surface area contributed by atoms with Crippen molar-refractivity contribution in [1.29, 1.82) is 0 Å². The highest BCUT2D eigenvalue weighted by Crippen LogP contribution is 2.38. The Bertz CT molecular complexity index is 1520. The number of ether oxygens (including phenoxy) is 3. The fraction of sp³-hybridized carbons (Fsp3) is 0.320. The first-order valence-corrected chi connectivity index (χ1v) is 13.4. The number of methoxy groups -OCH3 is 3. The fourth-order valence-corrected chi connectivity index (χ4v) is 5.05. The van der Waals surface area contributed by atoms with Gasteiger partial charge in [-0.25, -0.2) is 23.4 Å². The van der Waals surface area contributed by atoms with Crippen LogP contribution in [0, 0.1) is 6.92 Å². The summed E-state index contributed by atoms with van der Waals surface area (Å²) in [5.41, 5.74) is 1.66. The molecule has 0 unspecified atom stereocenters. The Hall–Kier alpha value is -4.30. The number of hydrogen-bond acceptors (Lipinski definition) is 11. The van der Waals surface area contributed by atoms with Gasteiger partial charge in [-0.3, -0.25) is 9.29 Å². The molecule has 0 radical (unpaired) electrons. The van der Waals surface area contributed by atoms with E-state index in [4.69, 9.17) is 14.2 Å². The molecule has 0 amide bonds. The number of anilines is 2. The van der Waals surface area contributed by atoms with E-state index in [0.717, 1.165) is 5.56 Å². The molecule has 39 heavy (non-hydrogen) atoms. The lowest BCUT2D eigenvalue weighted by molar-refractivity contribution is 0.0949. The van der Waals surface area contributed by atoms with Gasteiger partial charge in [0, 0.05) is 26.6 Å². The second-order valence-corrected chi connectivity index (χ2v) is 10.5. The van der Waals surface area contributed by atoms with E-state index in [1.54, 1.807) is 55.8 Å². The van der Waals surface area contributed by atoms with Crippen molar-refractivity contribution in [1.82, 2.24) is 29.7 Å².